The maximum Gasteiger partial charge on any atom is 0.146 e. The predicted octanol–water partition coefficient (Wildman–Crippen LogP) is -0.0804. The van der Waals surface area contributed by atoms with Crippen LogP contribution in [0.5, 0.6) is 0 Å². The highest BCUT2D eigenvalue weighted by molar-refractivity contribution is 5.81. The molecule has 0 fully saturated rings. The van der Waals surface area contributed by atoms with Crippen LogP contribution < -0.4 is 5.73 Å². The van der Waals surface area contributed by atoms with Crippen LogP contribution in [-0.4, -0.2) is 23.0 Å². The molecule has 0 saturated heterocycles. The molecule has 0 heterocycles. The number of carbonyl (C=O) groups is 1. The van der Waals surface area contributed by atoms with Gasteiger partial charge >= 0.3 is 0 Å². The third-order valence-electron chi connectivity index (χ3n) is 1.80. The summed E-state index contributed by atoms with van der Waals surface area (Å²) in [6.45, 7) is 4.83. The summed E-state index contributed by atoms with van der Waals surface area (Å²) >= 11 is 0. The fraction of sp³-hybridized carbons (Fsp3) is 0.857. The predicted molar refractivity (Wildman–Crippen MR) is 39.5 cm³/mol. The number of rotatable bonds is 3. The van der Waals surface area contributed by atoms with Gasteiger partial charge in [-0.25, -0.2) is 0 Å². The van der Waals surface area contributed by atoms with Gasteiger partial charge in [-0.05, 0) is 13.8 Å². The second-order valence-corrected chi connectivity index (χ2v) is 2.74. The van der Waals surface area contributed by atoms with Crippen molar-refractivity contribution in [1.82, 2.24) is 0 Å². The molecule has 0 rings (SSSR count). The Kier molecular flexibility index (Phi) is 3.53. The molecule has 3 N–H and O–H groups in total. The van der Waals surface area contributed by atoms with E-state index >= 15 is 0 Å². The summed E-state index contributed by atoms with van der Waals surface area (Å²) in [4.78, 5) is 10.7. The molecule has 0 saturated carbocycles. The average Bonchev–Trinajstić information content (AvgIpc) is 1.84. The van der Waals surface area contributed by atoms with Crippen LogP contribution in [0.3, 0.4) is 0 Å². The van der Waals surface area contributed by atoms with E-state index < -0.39 is 12.1 Å². The number of ketones is 1. The molecule has 3 atom stereocenters. The molecule has 0 aliphatic heterocycles. The van der Waals surface area contributed by atoms with Crippen LogP contribution in [0.1, 0.15) is 20.8 Å². The average molecular weight is 145 g/mol. The van der Waals surface area contributed by atoms with E-state index in [9.17, 15) is 4.79 Å². The number of Topliss-reactive ketones (excluding diaryl/α,β-unsaturated/α-hetero) is 1. The summed E-state index contributed by atoms with van der Waals surface area (Å²) in [5.74, 6) is -0.231. The molecule has 3 heteroatoms. The van der Waals surface area contributed by atoms with Gasteiger partial charge in [0.25, 0.3) is 0 Å². The minimum atomic E-state index is -0.528. The molecule has 0 bridgehead atoms. The molecule has 0 aliphatic rings. The minimum absolute atomic E-state index is 0.0756. The van der Waals surface area contributed by atoms with Crippen molar-refractivity contribution >= 4 is 5.78 Å². The SMILES string of the molecule is CC(=O)C(N)[C@@H](C)[C@H](C)O. The standard InChI is InChI=1S/C7H15NO2/c1-4(5(2)9)7(8)6(3)10/h4-5,7,9H,8H2,1-3H3/t4-,5-,7?/m0/s1. The Labute approximate surface area is 61.2 Å². The highest BCUT2D eigenvalue weighted by atomic mass is 16.3. The fourth-order valence-corrected chi connectivity index (χ4v) is 0.670. The van der Waals surface area contributed by atoms with Crippen LogP contribution in [0.15, 0.2) is 0 Å². The van der Waals surface area contributed by atoms with Gasteiger partial charge in [-0.2, -0.15) is 0 Å². The van der Waals surface area contributed by atoms with Crippen LogP contribution in [0, 0.1) is 5.92 Å². The molecular formula is C7H15NO2. The Hall–Kier alpha value is -0.410. The van der Waals surface area contributed by atoms with E-state index in [0.717, 1.165) is 0 Å². The number of carbonyl (C=O) groups excluding carboxylic acids is 1. The normalized spacial score (nSPS) is 19.7. The van der Waals surface area contributed by atoms with Crippen molar-refractivity contribution in [2.45, 2.75) is 32.9 Å². The lowest BCUT2D eigenvalue weighted by molar-refractivity contribution is -0.120. The quantitative estimate of drug-likeness (QED) is 0.584. The fourth-order valence-electron chi connectivity index (χ4n) is 0.670. The number of hydrogen-bond donors (Lipinski definition) is 2. The summed E-state index contributed by atoms with van der Waals surface area (Å²) in [7, 11) is 0. The summed E-state index contributed by atoms with van der Waals surface area (Å²) < 4.78 is 0. The minimum Gasteiger partial charge on any atom is -0.393 e. The van der Waals surface area contributed by atoms with E-state index in [0.29, 0.717) is 0 Å². The van der Waals surface area contributed by atoms with Gasteiger partial charge in [-0.15, -0.1) is 0 Å². The molecular weight excluding hydrogens is 130 g/mol. The second kappa shape index (κ2) is 3.68. The van der Waals surface area contributed by atoms with Crippen LogP contribution in [-0.2, 0) is 4.79 Å². The van der Waals surface area contributed by atoms with Gasteiger partial charge in [0.2, 0.25) is 0 Å². The van der Waals surface area contributed by atoms with E-state index in [1.165, 1.54) is 6.92 Å². The summed E-state index contributed by atoms with van der Waals surface area (Å²) in [6.07, 6.45) is -0.515. The molecule has 3 nitrogen and oxygen atoms in total. The second-order valence-electron chi connectivity index (χ2n) is 2.74. The first-order chi connectivity index (χ1) is 4.46. The lowest BCUT2D eigenvalue weighted by Gasteiger charge is -2.19. The van der Waals surface area contributed by atoms with Crippen molar-refractivity contribution in [3.63, 3.8) is 0 Å². The third kappa shape index (κ3) is 2.45. The highest BCUT2D eigenvalue weighted by Gasteiger charge is 2.20. The molecule has 0 aromatic carbocycles. The van der Waals surface area contributed by atoms with Crippen molar-refractivity contribution in [3.8, 4) is 0 Å². The molecule has 0 amide bonds. The first kappa shape index (κ1) is 9.59. The summed E-state index contributed by atoms with van der Waals surface area (Å²) in [6, 6.07) is -0.528. The first-order valence-corrected chi connectivity index (χ1v) is 3.41. The highest BCUT2D eigenvalue weighted by Crippen LogP contribution is 2.06. The van der Waals surface area contributed by atoms with Gasteiger partial charge in [0, 0.05) is 5.92 Å². The van der Waals surface area contributed by atoms with Crippen molar-refractivity contribution in [1.29, 1.82) is 0 Å². The zero-order valence-electron chi connectivity index (χ0n) is 6.66. The van der Waals surface area contributed by atoms with Crippen LogP contribution in [0.2, 0.25) is 0 Å². The Morgan fingerprint density at radius 1 is 1.50 bits per heavy atom. The Bertz CT molecular complexity index is 123. The summed E-state index contributed by atoms with van der Waals surface area (Å²) in [5, 5.41) is 9.01. The zero-order chi connectivity index (χ0) is 8.31. The number of hydrogen-bond acceptors (Lipinski definition) is 3. The van der Waals surface area contributed by atoms with Crippen molar-refractivity contribution in [3.05, 3.63) is 0 Å². The van der Waals surface area contributed by atoms with E-state index in [-0.39, 0.29) is 11.7 Å². The maximum absolute atomic E-state index is 10.7. The zero-order valence-corrected chi connectivity index (χ0v) is 6.66. The molecule has 10 heavy (non-hydrogen) atoms. The molecule has 60 valence electrons. The largest absolute Gasteiger partial charge is 0.393 e. The summed E-state index contributed by atoms with van der Waals surface area (Å²) in [5.41, 5.74) is 5.45. The molecule has 0 aromatic heterocycles. The molecule has 0 radical (unpaired) electrons. The van der Waals surface area contributed by atoms with Crippen LogP contribution in [0.25, 0.3) is 0 Å². The topological polar surface area (TPSA) is 63.3 Å². The van der Waals surface area contributed by atoms with E-state index in [2.05, 4.69) is 0 Å². The smallest absolute Gasteiger partial charge is 0.146 e. The Balaban J connectivity index is 3.94. The molecule has 0 aromatic rings. The van der Waals surface area contributed by atoms with Gasteiger partial charge in [0.1, 0.15) is 5.78 Å². The van der Waals surface area contributed by atoms with Crippen molar-refractivity contribution < 1.29 is 9.90 Å². The van der Waals surface area contributed by atoms with E-state index in [4.69, 9.17) is 10.8 Å². The van der Waals surface area contributed by atoms with Gasteiger partial charge < -0.3 is 10.8 Å². The number of aliphatic hydroxyl groups is 1. The molecule has 1 unspecified atom stereocenters. The third-order valence-corrected chi connectivity index (χ3v) is 1.80. The lowest BCUT2D eigenvalue weighted by atomic mass is 9.95. The van der Waals surface area contributed by atoms with E-state index in [1.807, 2.05) is 0 Å². The number of nitrogens with two attached hydrogens (primary N) is 1. The van der Waals surface area contributed by atoms with Crippen LogP contribution >= 0.6 is 0 Å². The van der Waals surface area contributed by atoms with Gasteiger partial charge in [-0.1, -0.05) is 6.92 Å². The van der Waals surface area contributed by atoms with Gasteiger partial charge in [-0.3, -0.25) is 4.79 Å². The Morgan fingerprint density at radius 3 is 2.00 bits per heavy atom. The number of aliphatic hydroxyl groups excluding tert-OH is 1. The van der Waals surface area contributed by atoms with Crippen molar-refractivity contribution in [2.24, 2.45) is 11.7 Å². The van der Waals surface area contributed by atoms with Gasteiger partial charge in [0.05, 0.1) is 12.1 Å². The Morgan fingerprint density at radius 2 is 1.90 bits per heavy atom. The lowest BCUT2D eigenvalue weighted by Crippen LogP contribution is -2.40. The van der Waals surface area contributed by atoms with Gasteiger partial charge in [0.15, 0.2) is 0 Å². The monoisotopic (exact) mass is 145 g/mol. The van der Waals surface area contributed by atoms with E-state index in [1.54, 1.807) is 13.8 Å². The van der Waals surface area contributed by atoms with Crippen LogP contribution in [0.4, 0.5) is 0 Å². The molecule has 0 spiro atoms. The maximum atomic E-state index is 10.7. The molecule has 0 aliphatic carbocycles. The van der Waals surface area contributed by atoms with Crippen molar-refractivity contribution in [2.75, 3.05) is 0 Å². The first-order valence-electron chi connectivity index (χ1n) is 3.41.